The fourth-order valence-corrected chi connectivity index (χ4v) is 2.41. The number of carbonyl (C=O) groups excluding carboxylic acids is 1. The van der Waals surface area contributed by atoms with E-state index in [4.69, 9.17) is 9.84 Å². The van der Waals surface area contributed by atoms with Gasteiger partial charge in [0.15, 0.2) is 0 Å². The topological polar surface area (TPSA) is 78.9 Å². The first-order valence-electron chi connectivity index (χ1n) is 6.72. The van der Waals surface area contributed by atoms with Crippen molar-refractivity contribution >= 4 is 12.0 Å². The Hall–Kier alpha value is -1.30. The number of methoxy groups -OCH3 is 1. The minimum atomic E-state index is -0.822. The molecule has 1 saturated carbocycles. The number of nitrogens with zero attached hydrogens (tertiary/aromatic N) is 1. The highest BCUT2D eigenvalue weighted by molar-refractivity contribution is 5.77. The van der Waals surface area contributed by atoms with Gasteiger partial charge in [0.25, 0.3) is 0 Å². The van der Waals surface area contributed by atoms with Gasteiger partial charge in [0, 0.05) is 20.2 Å². The summed E-state index contributed by atoms with van der Waals surface area (Å²) in [6.45, 7) is 2.34. The van der Waals surface area contributed by atoms with E-state index in [1.54, 1.807) is 19.1 Å². The Morgan fingerprint density at radius 3 is 2.63 bits per heavy atom. The van der Waals surface area contributed by atoms with Crippen LogP contribution in [0.4, 0.5) is 4.79 Å². The third-order valence-corrected chi connectivity index (χ3v) is 3.78. The SMILES string of the molecule is COCC(C)N(C)C(=O)NC1CCCCC1C(=O)O. The molecule has 1 aliphatic rings. The standard InChI is InChI=1S/C13H24N2O4/c1-9(8-19-3)15(2)13(18)14-11-7-5-4-6-10(11)12(16)17/h9-11H,4-8H2,1-3H3,(H,14,18)(H,16,17). The molecule has 1 fully saturated rings. The zero-order chi connectivity index (χ0) is 14.4. The van der Waals surface area contributed by atoms with Crippen molar-refractivity contribution in [2.24, 2.45) is 5.92 Å². The van der Waals surface area contributed by atoms with Gasteiger partial charge in [-0.3, -0.25) is 4.79 Å². The molecule has 0 bridgehead atoms. The van der Waals surface area contributed by atoms with Crippen LogP contribution < -0.4 is 5.32 Å². The second kappa shape index (κ2) is 7.33. The highest BCUT2D eigenvalue weighted by atomic mass is 16.5. The van der Waals surface area contributed by atoms with E-state index in [0.29, 0.717) is 13.0 Å². The zero-order valence-electron chi connectivity index (χ0n) is 11.9. The molecule has 0 radical (unpaired) electrons. The first-order chi connectivity index (χ1) is 8.97. The van der Waals surface area contributed by atoms with Crippen molar-refractivity contribution in [2.75, 3.05) is 20.8 Å². The smallest absolute Gasteiger partial charge is 0.317 e. The number of ether oxygens (including phenoxy) is 1. The van der Waals surface area contributed by atoms with Gasteiger partial charge in [0.2, 0.25) is 0 Å². The molecule has 0 spiro atoms. The van der Waals surface area contributed by atoms with Crippen LogP contribution in [0.25, 0.3) is 0 Å². The highest BCUT2D eigenvalue weighted by Gasteiger charge is 2.32. The second-order valence-corrected chi connectivity index (χ2v) is 5.20. The molecule has 0 saturated heterocycles. The van der Waals surface area contributed by atoms with Crippen LogP contribution in [0.15, 0.2) is 0 Å². The van der Waals surface area contributed by atoms with Crippen molar-refractivity contribution in [3.05, 3.63) is 0 Å². The summed E-state index contributed by atoms with van der Waals surface area (Å²) in [5, 5.41) is 12.0. The normalized spacial score (nSPS) is 24.6. The first-order valence-corrected chi connectivity index (χ1v) is 6.72. The van der Waals surface area contributed by atoms with Crippen LogP contribution in [0.2, 0.25) is 0 Å². The lowest BCUT2D eigenvalue weighted by Crippen LogP contribution is -2.51. The number of hydrogen-bond acceptors (Lipinski definition) is 3. The number of rotatable bonds is 5. The number of hydrogen-bond donors (Lipinski definition) is 2. The Labute approximate surface area is 114 Å². The van der Waals surface area contributed by atoms with Gasteiger partial charge in [-0.2, -0.15) is 0 Å². The molecule has 0 aromatic carbocycles. The highest BCUT2D eigenvalue weighted by Crippen LogP contribution is 2.24. The summed E-state index contributed by atoms with van der Waals surface area (Å²) in [6, 6.07) is -0.546. The molecule has 0 aromatic heterocycles. The summed E-state index contributed by atoms with van der Waals surface area (Å²) in [5.41, 5.74) is 0. The molecule has 3 atom stereocenters. The Balaban J connectivity index is 2.56. The monoisotopic (exact) mass is 272 g/mol. The summed E-state index contributed by atoms with van der Waals surface area (Å²) < 4.78 is 5.01. The number of carboxylic acids is 1. The van der Waals surface area contributed by atoms with E-state index in [1.807, 2.05) is 6.92 Å². The average molecular weight is 272 g/mol. The summed E-state index contributed by atoms with van der Waals surface area (Å²) in [7, 11) is 3.28. The van der Waals surface area contributed by atoms with E-state index >= 15 is 0 Å². The Morgan fingerprint density at radius 1 is 1.42 bits per heavy atom. The minimum Gasteiger partial charge on any atom is -0.481 e. The van der Waals surface area contributed by atoms with Gasteiger partial charge >= 0.3 is 12.0 Å². The summed E-state index contributed by atoms with van der Waals surface area (Å²) in [5.74, 6) is -1.29. The molecule has 0 heterocycles. The van der Waals surface area contributed by atoms with Gasteiger partial charge in [-0.05, 0) is 19.8 Å². The molecule has 0 aliphatic heterocycles. The number of urea groups is 1. The van der Waals surface area contributed by atoms with Gasteiger partial charge in [0.1, 0.15) is 0 Å². The van der Waals surface area contributed by atoms with Crippen molar-refractivity contribution in [3.63, 3.8) is 0 Å². The molecule has 110 valence electrons. The predicted octanol–water partition coefficient (Wildman–Crippen LogP) is 1.31. The molecule has 6 heteroatoms. The quantitative estimate of drug-likeness (QED) is 0.791. The van der Waals surface area contributed by atoms with Crippen LogP contribution in [-0.4, -0.2) is 54.9 Å². The van der Waals surface area contributed by atoms with Crippen LogP contribution in [0.1, 0.15) is 32.6 Å². The number of aliphatic carboxylic acids is 1. The lowest BCUT2D eigenvalue weighted by atomic mass is 9.84. The first kappa shape index (κ1) is 15.8. The lowest BCUT2D eigenvalue weighted by molar-refractivity contribution is -0.143. The minimum absolute atomic E-state index is 0.0446. The van der Waals surface area contributed by atoms with Gasteiger partial charge in [-0.15, -0.1) is 0 Å². The van der Waals surface area contributed by atoms with Gasteiger partial charge in [-0.1, -0.05) is 12.8 Å². The van der Waals surface area contributed by atoms with E-state index in [0.717, 1.165) is 19.3 Å². The predicted molar refractivity (Wildman–Crippen MR) is 71.0 cm³/mol. The molecule has 1 aliphatic carbocycles. The van der Waals surface area contributed by atoms with Crippen LogP contribution in [0.3, 0.4) is 0 Å². The summed E-state index contributed by atoms with van der Waals surface area (Å²) >= 11 is 0. The van der Waals surface area contributed by atoms with Crippen LogP contribution >= 0.6 is 0 Å². The van der Waals surface area contributed by atoms with Crippen LogP contribution in [-0.2, 0) is 9.53 Å². The molecular weight excluding hydrogens is 248 g/mol. The van der Waals surface area contributed by atoms with Crippen molar-refractivity contribution < 1.29 is 19.4 Å². The Morgan fingerprint density at radius 2 is 2.05 bits per heavy atom. The molecule has 19 heavy (non-hydrogen) atoms. The Kier molecular flexibility index (Phi) is 6.08. The van der Waals surface area contributed by atoms with E-state index in [2.05, 4.69) is 5.32 Å². The molecule has 2 N–H and O–H groups in total. The van der Waals surface area contributed by atoms with Gasteiger partial charge in [0.05, 0.1) is 18.6 Å². The Bertz CT molecular complexity index is 322. The second-order valence-electron chi connectivity index (χ2n) is 5.20. The van der Waals surface area contributed by atoms with Crippen molar-refractivity contribution in [3.8, 4) is 0 Å². The van der Waals surface area contributed by atoms with E-state index in [1.165, 1.54) is 0 Å². The maximum absolute atomic E-state index is 12.1. The maximum Gasteiger partial charge on any atom is 0.317 e. The number of carboxylic acid groups (broad SMARTS) is 1. The van der Waals surface area contributed by atoms with Crippen LogP contribution in [0, 0.1) is 5.92 Å². The van der Waals surface area contributed by atoms with E-state index in [9.17, 15) is 9.59 Å². The number of amides is 2. The number of carbonyl (C=O) groups is 2. The third kappa shape index (κ3) is 4.38. The summed E-state index contributed by atoms with van der Waals surface area (Å²) in [4.78, 5) is 24.8. The van der Waals surface area contributed by atoms with E-state index in [-0.39, 0.29) is 18.1 Å². The molecule has 6 nitrogen and oxygen atoms in total. The largest absolute Gasteiger partial charge is 0.481 e. The number of nitrogens with one attached hydrogen (secondary N) is 1. The zero-order valence-corrected chi connectivity index (χ0v) is 11.9. The molecular formula is C13H24N2O4. The molecule has 3 unspecified atom stereocenters. The fraction of sp³-hybridized carbons (Fsp3) is 0.846. The van der Waals surface area contributed by atoms with Crippen LogP contribution in [0.5, 0.6) is 0 Å². The molecule has 1 rings (SSSR count). The van der Waals surface area contributed by atoms with Crippen molar-refractivity contribution in [1.29, 1.82) is 0 Å². The molecule has 2 amide bonds. The lowest BCUT2D eigenvalue weighted by Gasteiger charge is -2.32. The number of likely N-dealkylation sites (N-methyl/N-ethyl adjacent to an activating group) is 1. The van der Waals surface area contributed by atoms with Gasteiger partial charge in [-0.25, -0.2) is 4.79 Å². The van der Waals surface area contributed by atoms with Crippen molar-refractivity contribution in [2.45, 2.75) is 44.7 Å². The van der Waals surface area contributed by atoms with Gasteiger partial charge < -0.3 is 20.1 Å². The third-order valence-electron chi connectivity index (χ3n) is 3.78. The maximum atomic E-state index is 12.1. The average Bonchev–Trinajstić information content (AvgIpc) is 2.38. The van der Waals surface area contributed by atoms with E-state index < -0.39 is 11.9 Å². The fourth-order valence-electron chi connectivity index (χ4n) is 2.41. The summed E-state index contributed by atoms with van der Waals surface area (Å²) in [6.07, 6.45) is 3.25. The van der Waals surface area contributed by atoms with Crippen molar-refractivity contribution in [1.82, 2.24) is 10.2 Å². The molecule has 0 aromatic rings.